The van der Waals surface area contributed by atoms with Crippen molar-refractivity contribution < 1.29 is 28.2 Å². The average Bonchev–Trinajstić information content (AvgIpc) is 2.86. The topological polar surface area (TPSA) is 87.4 Å². The van der Waals surface area contributed by atoms with E-state index in [-0.39, 0.29) is 41.0 Å². The van der Waals surface area contributed by atoms with Gasteiger partial charge in [0.25, 0.3) is 6.43 Å². The second-order valence-corrected chi connectivity index (χ2v) is 15.0. The SMILES string of the molecule is COC(=O)[C@]12CCC(C)(C)C[C@H]1[C@H]1C(=O)C=C3[C@@]4(C)CC(C#N)=C(O)[C@@](C)(C(F)F)C4CC[C@@]3(C)[C@]1(C)CC2. The third-order valence-corrected chi connectivity index (χ3v) is 12.9. The third-order valence-electron chi connectivity index (χ3n) is 12.9. The molecular formula is C32H43F2NO4. The van der Waals surface area contributed by atoms with E-state index in [0.29, 0.717) is 32.1 Å². The number of nitrogens with zero attached hydrogens (tertiary/aromatic N) is 1. The Morgan fingerprint density at radius 1 is 1.10 bits per heavy atom. The number of halogens is 2. The van der Waals surface area contributed by atoms with E-state index in [1.165, 1.54) is 14.0 Å². The number of ketones is 1. The van der Waals surface area contributed by atoms with Crippen LogP contribution < -0.4 is 0 Å². The summed E-state index contributed by atoms with van der Waals surface area (Å²) >= 11 is 0. The minimum Gasteiger partial charge on any atom is -0.510 e. The predicted octanol–water partition coefficient (Wildman–Crippen LogP) is 7.33. The Morgan fingerprint density at radius 2 is 1.74 bits per heavy atom. The molecule has 39 heavy (non-hydrogen) atoms. The molecule has 3 saturated carbocycles. The summed E-state index contributed by atoms with van der Waals surface area (Å²) < 4.78 is 34.8. The second kappa shape index (κ2) is 8.40. The zero-order valence-corrected chi connectivity index (χ0v) is 24.4. The van der Waals surface area contributed by atoms with Gasteiger partial charge in [0.1, 0.15) is 5.76 Å². The van der Waals surface area contributed by atoms with Crippen LogP contribution in [0.1, 0.15) is 92.9 Å². The molecule has 0 aliphatic heterocycles. The molecule has 1 unspecified atom stereocenters. The Morgan fingerprint density at radius 3 is 2.33 bits per heavy atom. The van der Waals surface area contributed by atoms with Crippen LogP contribution in [0.5, 0.6) is 0 Å². The number of ether oxygens (including phenoxy) is 1. The van der Waals surface area contributed by atoms with Crippen molar-refractivity contribution >= 4 is 11.8 Å². The maximum absolute atomic E-state index is 14.7. The number of alkyl halides is 2. The number of methoxy groups -OCH3 is 1. The van der Waals surface area contributed by atoms with Crippen LogP contribution in [-0.4, -0.2) is 30.4 Å². The van der Waals surface area contributed by atoms with Crippen LogP contribution in [0.15, 0.2) is 23.0 Å². The Bertz CT molecular complexity index is 1230. The van der Waals surface area contributed by atoms with Gasteiger partial charge in [0.15, 0.2) is 5.78 Å². The Hall–Kier alpha value is -2.23. The quantitative estimate of drug-likeness (QED) is 0.369. The fourth-order valence-electron chi connectivity index (χ4n) is 10.5. The van der Waals surface area contributed by atoms with Gasteiger partial charge in [0.05, 0.1) is 29.6 Å². The molecule has 0 spiro atoms. The molecule has 0 radical (unpaired) electrons. The van der Waals surface area contributed by atoms with Crippen LogP contribution >= 0.6 is 0 Å². The van der Waals surface area contributed by atoms with E-state index in [2.05, 4.69) is 27.7 Å². The van der Waals surface area contributed by atoms with Crippen LogP contribution in [0.25, 0.3) is 0 Å². The molecule has 0 aromatic carbocycles. The van der Waals surface area contributed by atoms with Crippen molar-refractivity contribution in [1.82, 2.24) is 0 Å². The smallest absolute Gasteiger partial charge is 0.312 e. The van der Waals surface area contributed by atoms with Crippen molar-refractivity contribution in [1.29, 1.82) is 5.26 Å². The van der Waals surface area contributed by atoms with E-state index in [4.69, 9.17) is 4.74 Å². The third kappa shape index (κ3) is 3.32. The van der Waals surface area contributed by atoms with Gasteiger partial charge in [-0.2, -0.15) is 5.26 Å². The average molecular weight is 544 g/mol. The van der Waals surface area contributed by atoms with Gasteiger partial charge in [0.2, 0.25) is 0 Å². The number of hydrogen-bond acceptors (Lipinski definition) is 5. The van der Waals surface area contributed by atoms with Crippen molar-refractivity contribution in [3.05, 3.63) is 23.0 Å². The Labute approximate surface area is 231 Å². The van der Waals surface area contributed by atoms with Crippen molar-refractivity contribution in [3.8, 4) is 6.07 Å². The number of aliphatic hydroxyl groups excluding tert-OH is 1. The summed E-state index contributed by atoms with van der Waals surface area (Å²) in [5.74, 6) is -1.88. The summed E-state index contributed by atoms with van der Waals surface area (Å²) in [4.78, 5) is 27.8. The number of carbonyl (C=O) groups excluding carboxylic acids is 2. The van der Waals surface area contributed by atoms with E-state index >= 15 is 0 Å². The van der Waals surface area contributed by atoms with Crippen LogP contribution in [0.4, 0.5) is 8.78 Å². The Balaban J connectivity index is 1.69. The number of esters is 1. The summed E-state index contributed by atoms with van der Waals surface area (Å²) in [5.41, 5.74) is -3.54. The molecule has 8 atom stereocenters. The van der Waals surface area contributed by atoms with E-state index in [1.807, 2.05) is 13.0 Å². The maximum Gasteiger partial charge on any atom is 0.312 e. The number of carbonyl (C=O) groups is 2. The first-order valence-electron chi connectivity index (χ1n) is 14.4. The first-order valence-corrected chi connectivity index (χ1v) is 14.4. The molecule has 0 amide bonds. The summed E-state index contributed by atoms with van der Waals surface area (Å²) in [7, 11) is 1.44. The predicted molar refractivity (Wildman–Crippen MR) is 142 cm³/mol. The molecule has 5 nitrogen and oxygen atoms in total. The zero-order valence-electron chi connectivity index (χ0n) is 24.4. The molecule has 5 rings (SSSR count). The fraction of sp³-hybridized carbons (Fsp3) is 0.781. The highest BCUT2D eigenvalue weighted by Crippen LogP contribution is 2.75. The first kappa shape index (κ1) is 28.3. The summed E-state index contributed by atoms with van der Waals surface area (Å²) in [6, 6.07) is 2.01. The van der Waals surface area contributed by atoms with Crippen LogP contribution in [0.2, 0.25) is 0 Å². The van der Waals surface area contributed by atoms with Crippen molar-refractivity contribution in [2.24, 2.45) is 50.2 Å². The van der Waals surface area contributed by atoms with Gasteiger partial charge in [-0.15, -0.1) is 0 Å². The number of fused-ring (bicyclic) bond motifs is 7. The molecule has 5 aliphatic carbocycles. The molecule has 5 aliphatic rings. The first-order chi connectivity index (χ1) is 18.0. The highest BCUT2D eigenvalue weighted by atomic mass is 19.3. The maximum atomic E-state index is 14.7. The molecule has 0 aromatic rings. The molecule has 0 bridgehead atoms. The molecule has 1 N–H and O–H groups in total. The van der Waals surface area contributed by atoms with Gasteiger partial charge in [0, 0.05) is 5.92 Å². The molecule has 0 saturated heterocycles. The highest BCUT2D eigenvalue weighted by Gasteiger charge is 2.72. The minimum atomic E-state index is -2.85. The normalized spacial score (nSPS) is 46.7. The molecular weight excluding hydrogens is 500 g/mol. The highest BCUT2D eigenvalue weighted by molar-refractivity contribution is 5.96. The van der Waals surface area contributed by atoms with Crippen molar-refractivity contribution in [3.63, 3.8) is 0 Å². The van der Waals surface area contributed by atoms with Gasteiger partial charge in [-0.1, -0.05) is 40.2 Å². The lowest BCUT2D eigenvalue weighted by Gasteiger charge is -2.69. The molecule has 0 aromatic heterocycles. The Kier molecular flexibility index (Phi) is 6.09. The fourth-order valence-corrected chi connectivity index (χ4v) is 10.5. The summed E-state index contributed by atoms with van der Waals surface area (Å²) in [6.07, 6.45) is 3.74. The summed E-state index contributed by atoms with van der Waals surface area (Å²) in [6.45, 7) is 12.1. The van der Waals surface area contributed by atoms with Gasteiger partial charge in [-0.3, -0.25) is 9.59 Å². The van der Waals surface area contributed by atoms with Gasteiger partial charge >= 0.3 is 5.97 Å². The number of allylic oxidation sites excluding steroid dienone is 4. The second-order valence-electron chi connectivity index (χ2n) is 15.0. The molecule has 3 fully saturated rings. The van der Waals surface area contributed by atoms with E-state index in [1.54, 1.807) is 6.08 Å². The molecule has 0 heterocycles. The van der Waals surface area contributed by atoms with E-state index < -0.39 is 45.2 Å². The summed E-state index contributed by atoms with van der Waals surface area (Å²) in [5, 5.41) is 20.8. The van der Waals surface area contributed by atoms with E-state index in [0.717, 1.165) is 18.4 Å². The van der Waals surface area contributed by atoms with Crippen LogP contribution in [-0.2, 0) is 14.3 Å². The van der Waals surface area contributed by atoms with E-state index in [9.17, 15) is 28.7 Å². The lowest BCUT2D eigenvalue weighted by Crippen LogP contribution is -2.66. The lowest BCUT2D eigenvalue weighted by molar-refractivity contribution is -0.193. The van der Waals surface area contributed by atoms with Crippen molar-refractivity contribution in [2.45, 2.75) is 99.3 Å². The van der Waals surface area contributed by atoms with Crippen molar-refractivity contribution in [2.75, 3.05) is 7.11 Å². The van der Waals surface area contributed by atoms with Crippen LogP contribution in [0.3, 0.4) is 0 Å². The zero-order chi connectivity index (χ0) is 29.0. The lowest BCUT2D eigenvalue weighted by atomic mass is 9.34. The number of rotatable bonds is 2. The van der Waals surface area contributed by atoms with Gasteiger partial charge < -0.3 is 9.84 Å². The number of aliphatic hydroxyl groups is 1. The van der Waals surface area contributed by atoms with Gasteiger partial charge in [-0.05, 0) is 97.9 Å². The monoisotopic (exact) mass is 543 g/mol. The largest absolute Gasteiger partial charge is 0.510 e. The minimum absolute atomic E-state index is 0.0104. The number of nitriles is 1. The molecule has 214 valence electrons. The standard InChI is InChI=1S/C32H43F2NO4/c1-27(2)10-12-32(26(38)39-7)13-11-30(5)23(19(32)16-27)20(36)14-22-28(3)15-18(17-35)24(37)31(6,25(33)34)21(28)8-9-29(22,30)4/h14,19,21,23,25,37H,8-13,15-16H2,1-7H3/t19-,21?,23-,28-,29+,30+,31-,32-/m0/s1. The van der Waals surface area contributed by atoms with Gasteiger partial charge in [-0.25, -0.2) is 8.78 Å². The van der Waals surface area contributed by atoms with Crippen LogP contribution in [0, 0.1) is 61.6 Å². The molecule has 7 heteroatoms. The number of hydrogen-bond donors (Lipinski definition) is 1.